The summed E-state index contributed by atoms with van der Waals surface area (Å²) < 4.78 is 23.9. The summed E-state index contributed by atoms with van der Waals surface area (Å²) in [6.07, 6.45) is 0.971. The molecule has 1 heterocycles. The summed E-state index contributed by atoms with van der Waals surface area (Å²) in [6.45, 7) is 2.24. The number of benzene rings is 1. The van der Waals surface area contributed by atoms with Crippen LogP contribution in [0.2, 0.25) is 0 Å². The van der Waals surface area contributed by atoms with Crippen LogP contribution < -0.4 is 5.32 Å². The molecule has 0 aromatic heterocycles. The summed E-state index contributed by atoms with van der Waals surface area (Å²) in [5.41, 5.74) is 1.25. The van der Waals surface area contributed by atoms with Crippen LogP contribution in [0.15, 0.2) is 28.7 Å². The minimum Gasteiger partial charge on any atom is -0.313 e. The van der Waals surface area contributed by atoms with E-state index in [-0.39, 0.29) is 6.04 Å². The van der Waals surface area contributed by atoms with Crippen LogP contribution in [0.25, 0.3) is 0 Å². The number of rotatable bonds is 5. The second-order valence-electron chi connectivity index (χ2n) is 5.14. The lowest BCUT2D eigenvalue weighted by molar-refractivity contribution is 0.277. The van der Waals surface area contributed by atoms with E-state index in [2.05, 4.69) is 32.2 Å². The van der Waals surface area contributed by atoms with E-state index in [9.17, 15) is 8.42 Å². The third kappa shape index (κ3) is 4.28. The van der Waals surface area contributed by atoms with Crippen LogP contribution in [0.3, 0.4) is 0 Å². The molecular weight excluding hydrogens is 340 g/mol. The Morgan fingerprint density at radius 3 is 2.55 bits per heavy atom. The van der Waals surface area contributed by atoms with E-state index in [1.54, 1.807) is 0 Å². The van der Waals surface area contributed by atoms with Gasteiger partial charge in [-0.3, -0.25) is 0 Å². The van der Waals surface area contributed by atoms with Gasteiger partial charge in [-0.25, -0.2) is 8.42 Å². The van der Waals surface area contributed by atoms with Crippen LogP contribution in [0.5, 0.6) is 0 Å². The van der Waals surface area contributed by atoms with Crippen LogP contribution in [-0.2, 0) is 9.84 Å². The monoisotopic (exact) mass is 360 g/mol. The molecule has 1 atom stereocenters. The molecule has 4 nitrogen and oxygen atoms in total. The average molecular weight is 361 g/mol. The zero-order valence-electron chi connectivity index (χ0n) is 11.7. The van der Waals surface area contributed by atoms with E-state index >= 15 is 0 Å². The van der Waals surface area contributed by atoms with Crippen LogP contribution >= 0.6 is 15.9 Å². The predicted molar refractivity (Wildman–Crippen MR) is 85.7 cm³/mol. The van der Waals surface area contributed by atoms with Gasteiger partial charge in [0.05, 0.1) is 11.5 Å². The van der Waals surface area contributed by atoms with Crippen molar-refractivity contribution in [3.8, 4) is 0 Å². The maximum Gasteiger partial charge on any atom is 0.152 e. The molecule has 112 valence electrons. The quantitative estimate of drug-likeness (QED) is 0.870. The highest BCUT2D eigenvalue weighted by atomic mass is 79.9. The Labute approximate surface area is 129 Å². The molecule has 1 aromatic rings. The Balaban J connectivity index is 1.91. The lowest BCUT2D eigenvalue weighted by atomic mass is 10.0. The molecule has 1 aliphatic rings. The molecule has 0 spiro atoms. The Bertz CT molecular complexity index is 534. The zero-order chi connectivity index (χ0) is 14.6. The van der Waals surface area contributed by atoms with Gasteiger partial charge in [-0.2, -0.15) is 0 Å². The molecule has 1 fully saturated rings. The van der Waals surface area contributed by atoms with Gasteiger partial charge in [-0.15, -0.1) is 0 Å². The molecule has 0 amide bonds. The van der Waals surface area contributed by atoms with Gasteiger partial charge in [0, 0.05) is 30.1 Å². The van der Waals surface area contributed by atoms with Crippen molar-refractivity contribution in [2.24, 2.45) is 0 Å². The van der Waals surface area contributed by atoms with Gasteiger partial charge >= 0.3 is 0 Å². The third-order valence-electron chi connectivity index (χ3n) is 3.80. The highest BCUT2D eigenvalue weighted by Crippen LogP contribution is 2.25. The minimum absolute atomic E-state index is 0.282. The predicted octanol–water partition coefficient (Wildman–Crippen LogP) is 1.83. The minimum atomic E-state index is -2.78. The lowest BCUT2D eigenvalue weighted by Gasteiger charge is -2.28. The number of nitrogens with zero attached hydrogens (tertiary/aromatic N) is 1. The fourth-order valence-electron chi connectivity index (χ4n) is 2.50. The Morgan fingerprint density at radius 1 is 1.30 bits per heavy atom. The third-order valence-corrected chi connectivity index (χ3v) is 6.13. The summed E-state index contributed by atoms with van der Waals surface area (Å²) >= 11 is 3.59. The first-order valence-electron chi connectivity index (χ1n) is 6.86. The van der Waals surface area contributed by atoms with Gasteiger partial charge in [0.15, 0.2) is 9.84 Å². The largest absolute Gasteiger partial charge is 0.313 e. The maximum atomic E-state index is 11.4. The zero-order valence-corrected chi connectivity index (χ0v) is 14.1. The van der Waals surface area contributed by atoms with E-state index in [0.29, 0.717) is 24.6 Å². The van der Waals surface area contributed by atoms with Crippen LogP contribution in [0, 0.1) is 0 Å². The van der Waals surface area contributed by atoms with Crippen molar-refractivity contribution >= 4 is 25.8 Å². The van der Waals surface area contributed by atoms with Gasteiger partial charge in [0.2, 0.25) is 0 Å². The van der Waals surface area contributed by atoms with Crippen LogP contribution in [0.1, 0.15) is 18.0 Å². The first kappa shape index (κ1) is 15.9. The van der Waals surface area contributed by atoms with Crippen LogP contribution in [0.4, 0.5) is 0 Å². The molecule has 1 unspecified atom stereocenters. The molecule has 0 saturated carbocycles. The molecule has 1 saturated heterocycles. The molecule has 0 bridgehead atoms. The SMILES string of the molecule is CNC(CCN1CCS(=O)(=O)CC1)c1ccccc1Br. The summed E-state index contributed by atoms with van der Waals surface area (Å²) in [5.74, 6) is 0.596. The number of hydrogen-bond donors (Lipinski definition) is 1. The van der Waals surface area contributed by atoms with Crippen molar-refractivity contribution < 1.29 is 8.42 Å². The van der Waals surface area contributed by atoms with E-state index in [1.165, 1.54) is 5.56 Å². The van der Waals surface area contributed by atoms with E-state index in [4.69, 9.17) is 0 Å². The van der Waals surface area contributed by atoms with Gasteiger partial charge < -0.3 is 10.2 Å². The van der Waals surface area contributed by atoms with Gasteiger partial charge in [-0.1, -0.05) is 34.1 Å². The number of sulfone groups is 1. The van der Waals surface area contributed by atoms with Crippen LogP contribution in [-0.4, -0.2) is 51.5 Å². The van der Waals surface area contributed by atoms with Gasteiger partial charge in [0.25, 0.3) is 0 Å². The van der Waals surface area contributed by atoms with E-state index < -0.39 is 9.84 Å². The smallest absolute Gasteiger partial charge is 0.152 e. The lowest BCUT2D eigenvalue weighted by Crippen LogP contribution is -2.41. The number of halogens is 1. The molecule has 0 aliphatic carbocycles. The van der Waals surface area contributed by atoms with E-state index in [0.717, 1.165) is 17.4 Å². The van der Waals surface area contributed by atoms with Crippen molar-refractivity contribution in [1.82, 2.24) is 10.2 Å². The van der Waals surface area contributed by atoms with Crippen molar-refractivity contribution in [2.45, 2.75) is 12.5 Å². The van der Waals surface area contributed by atoms with Gasteiger partial charge in [-0.05, 0) is 25.1 Å². The summed E-state index contributed by atoms with van der Waals surface area (Å²) in [6, 6.07) is 8.50. The van der Waals surface area contributed by atoms with Crippen molar-refractivity contribution in [2.75, 3.05) is 38.2 Å². The topological polar surface area (TPSA) is 49.4 Å². The molecular formula is C14H21BrN2O2S. The molecule has 1 N–H and O–H groups in total. The molecule has 6 heteroatoms. The second-order valence-corrected chi connectivity index (χ2v) is 8.30. The number of hydrogen-bond acceptors (Lipinski definition) is 4. The highest BCUT2D eigenvalue weighted by Gasteiger charge is 2.22. The Hall–Kier alpha value is -0.430. The fraction of sp³-hybridized carbons (Fsp3) is 0.571. The molecule has 1 aliphatic heterocycles. The van der Waals surface area contributed by atoms with E-state index in [1.807, 2.05) is 25.2 Å². The average Bonchev–Trinajstić information content (AvgIpc) is 2.43. The normalized spacial score (nSPS) is 20.7. The Kier molecular flexibility index (Phi) is 5.60. The molecule has 2 rings (SSSR count). The van der Waals surface area contributed by atoms with Crippen molar-refractivity contribution in [3.63, 3.8) is 0 Å². The molecule has 1 aromatic carbocycles. The number of nitrogens with one attached hydrogen (secondary N) is 1. The van der Waals surface area contributed by atoms with Crippen molar-refractivity contribution in [1.29, 1.82) is 0 Å². The standard InChI is InChI=1S/C14H21BrN2O2S/c1-16-14(12-4-2-3-5-13(12)15)6-7-17-8-10-20(18,19)11-9-17/h2-5,14,16H,6-11H2,1H3. The second kappa shape index (κ2) is 7.02. The van der Waals surface area contributed by atoms with Crippen molar-refractivity contribution in [3.05, 3.63) is 34.3 Å². The Morgan fingerprint density at radius 2 is 1.95 bits per heavy atom. The summed E-state index contributed by atoms with van der Waals surface area (Å²) in [7, 11) is -0.820. The maximum absolute atomic E-state index is 11.4. The first-order chi connectivity index (χ1) is 9.52. The van der Waals surface area contributed by atoms with Gasteiger partial charge in [0.1, 0.15) is 0 Å². The summed E-state index contributed by atoms with van der Waals surface area (Å²) in [4.78, 5) is 2.24. The first-order valence-corrected chi connectivity index (χ1v) is 9.48. The molecule has 20 heavy (non-hydrogen) atoms. The fourth-order valence-corrected chi connectivity index (χ4v) is 4.34. The molecule has 0 radical (unpaired) electrons. The summed E-state index contributed by atoms with van der Waals surface area (Å²) in [5, 5.41) is 3.34. The highest BCUT2D eigenvalue weighted by molar-refractivity contribution is 9.10.